The zero-order chi connectivity index (χ0) is 15.7. The van der Waals surface area contributed by atoms with Gasteiger partial charge in [-0.1, -0.05) is 32.4 Å². The monoisotopic (exact) mass is 298 g/mol. The minimum absolute atomic E-state index is 0.0884. The molecule has 0 saturated heterocycles. The summed E-state index contributed by atoms with van der Waals surface area (Å²) in [6.45, 7) is 7.02. The van der Waals surface area contributed by atoms with Crippen LogP contribution in [-0.2, 0) is 4.79 Å². The average Bonchev–Trinajstić information content (AvgIpc) is 2.77. The Hall–Kier alpha value is -1.15. The third-order valence-electron chi connectivity index (χ3n) is 7.21. The molecule has 0 aromatic rings. The first-order chi connectivity index (χ1) is 10.4. The van der Waals surface area contributed by atoms with Crippen LogP contribution in [0.15, 0.2) is 34.4 Å². The number of fused-ring (bicyclic) bond motifs is 4. The molecule has 0 bridgehead atoms. The highest BCUT2D eigenvalue weighted by Crippen LogP contribution is 2.61. The van der Waals surface area contributed by atoms with Gasteiger partial charge < -0.3 is 5.11 Å². The van der Waals surface area contributed by atoms with Gasteiger partial charge in [0.2, 0.25) is 0 Å². The van der Waals surface area contributed by atoms with E-state index in [1.54, 1.807) is 6.08 Å². The molecule has 0 radical (unpaired) electrons. The Morgan fingerprint density at radius 1 is 1.23 bits per heavy atom. The van der Waals surface area contributed by atoms with Gasteiger partial charge in [-0.15, -0.1) is 0 Å². The second kappa shape index (κ2) is 4.44. The fourth-order valence-electron chi connectivity index (χ4n) is 5.46. The number of ketones is 1. The molecule has 3 unspecified atom stereocenters. The van der Waals surface area contributed by atoms with Crippen LogP contribution in [-0.4, -0.2) is 17.0 Å². The quantitative estimate of drug-likeness (QED) is 0.730. The maximum atomic E-state index is 11.8. The summed E-state index contributed by atoms with van der Waals surface area (Å²) in [7, 11) is 0. The molecule has 0 heterocycles. The number of hydrogen-bond donors (Lipinski definition) is 1. The number of hydrogen-bond acceptors (Lipinski definition) is 2. The molecular weight excluding hydrogens is 272 g/mol. The van der Waals surface area contributed by atoms with Crippen LogP contribution in [0.1, 0.15) is 59.3 Å². The summed E-state index contributed by atoms with van der Waals surface area (Å²) < 4.78 is 0. The number of carbonyl (C=O) groups excluding carboxylic acids is 1. The fourth-order valence-corrected chi connectivity index (χ4v) is 5.46. The molecule has 4 rings (SSSR count). The van der Waals surface area contributed by atoms with Gasteiger partial charge in [-0.3, -0.25) is 4.79 Å². The molecule has 2 nitrogen and oxygen atoms in total. The van der Waals surface area contributed by atoms with Crippen molar-refractivity contribution in [1.82, 2.24) is 0 Å². The van der Waals surface area contributed by atoms with Crippen LogP contribution < -0.4 is 0 Å². The van der Waals surface area contributed by atoms with Crippen molar-refractivity contribution in [2.75, 3.05) is 0 Å². The minimum Gasteiger partial charge on any atom is -0.388 e. The molecule has 0 aromatic heterocycles. The number of aliphatic hydroxyl groups is 1. The SMILES string of the molecule is CC1CC=C2C3=C(CCC21C)C1(C)CCC(=O)C=C1[C@H](O)C3. The molecule has 0 spiro atoms. The summed E-state index contributed by atoms with van der Waals surface area (Å²) in [4.78, 5) is 11.8. The smallest absolute Gasteiger partial charge is 0.155 e. The minimum atomic E-state index is -0.479. The summed E-state index contributed by atoms with van der Waals surface area (Å²) in [6, 6.07) is 0. The van der Waals surface area contributed by atoms with Crippen LogP contribution in [0.4, 0.5) is 0 Å². The number of allylic oxidation sites excluding steroid dienone is 4. The van der Waals surface area contributed by atoms with E-state index < -0.39 is 6.10 Å². The number of aliphatic hydroxyl groups excluding tert-OH is 1. The van der Waals surface area contributed by atoms with Gasteiger partial charge in [-0.05, 0) is 59.8 Å². The lowest BCUT2D eigenvalue weighted by atomic mass is 9.54. The standard InChI is InChI=1S/C20H26O2/c1-12-4-5-15-14-11-18(22)17-10-13(21)6-8-20(17,3)16(14)7-9-19(12,15)2/h5,10,12,18,22H,4,6-9,11H2,1-3H3/t12?,18-,19?,20?/m1/s1. The second-order valence-electron chi connectivity index (χ2n) is 8.25. The van der Waals surface area contributed by atoms with Gasteiger partial charge in [0, 0.05) is 18.3 Å². The molecule has 0 fully saturated rings. The summed E-state index contributed by atoms with van der Waals surface area (Å²) >= 11 is 0. The Labute approximate surface area is 133 Å². The van der Waals surface area contributed by atoms with Gasteiger partial charge >= 0.3 is 0 Å². The Bertz CT molecular complexity index is 651. The van der Waals surface area contributed by atoms with Crippen molar-refractivity contribution in [2.45, 2.75) is 65.4 Å². The third-order valence-corrected chi connectivity index (χ3v) is 7.21. The highest BCUT2D eigenvalue weighted by molar-refractivity contribution is 5.92. The van der Waals surface area contributed by atoms with Crippen molar-refractivity contribution in [3.63, 3.8) is 0 Å². The zero-order valence-corrected chi connectivity index (χ0v) is 13.9. The van der Waals surface area contributed by atoms with Crippen LogP contribution in [0.2, 0.25) is 0 Å². The summed E-state index contributed by atoms with van der Waals surface area (Å²) in [5.74, 6) is 0.885. The first kappa shape index (κ1) is 14.4. The molecule has 0 aliphatic heterocycles. The van der Waals surface area contributed by atoms with Crippen LogP contribution >= 0.6 is 0 Å². The van der Waals surface area contributed by atoms with Gasteiger partial charge in [0.05, 0.1) is 6.10 Å². The molecular formula is C20H26O2. The van der Waals surface area contributed by atoms with Crippen LogP contribution in [0.25, 0.3) is 0 Å². The molecule has 2 heteroatoms. The Kier molecular flexibility index (Phi) is 2.92. The van der Waals surface area contributed by atoms with E-state index >= 15 is 0 Å². The van der Waals surface area contributed by atoms with Gasteiger partial charge in [0.25, 0.3) is 0 Å². The normalized spacial score (nSPS) is 44.1. The molecule has 22 heavy (non-hydrogen) atoms. The Morgan fingerprint density at radius 3 is 2.77 bits per heavy atom. The lowest BCUT2D eigenvalue weighted by molar-refractivity contribution is -0.115. The maximum Gasteiger partial charge on any atom is 0.155 e. The third kappa shape index (κ3) is 1.68. The van der Waals surface area contributed by atoms with Crippen molar-refractivity contribution >= 4 is 5.78 Å². The molecule has 4 atom stereocenters. The topological polar surface area (TPSA) is 37.3 Å². The van der Waals surface area contributed by atoms with E-state index in [4.69, 9.17) is 0 Å². The van der Waals surface area contributed by atoms with Crippen LogP contribution in [0, 0.1) is 16.7 Å². The highest BCUT2D eigenvalue weighted by atomic mass is 16.3. The van der Waals surface area contributed by atoms with Crippen molar-refractivity contribution in [3.8, 4) is 0 Å². The lowest BCUT2D eigenvalue weighted by Crippen LogP contribution is -2.42. The van der Waals surface area contributed by atoms with E-state index in [0.717, 1.165) is 24.8 Å². The second-order valence-corrected chi connectivity index (χ2v) is 8.25. The summed E-state index contributed by atoms with van der Waals surface area (Å²) in [6.07, 6.45) is 9.40. The Balaban J connectivity index is 1.87. The maximum absolute atomic E-state index is 11.8. The average molecular weight is 298 g/mol. The summed E-state index contributed by atoms with van der Waals surface area (Å²) in [5, 5.41) is 10.7. The molecule has 0 amide bonds. The number of carbonyl (C=O) groups is 1. The van der Waals surface area contributed by atoms with Crippen LogP contribution in [0.5, 0.6) is 0 Å². The van der Waals surface area contributed by atoms with E-state index in [1.807, 2.05) is 0 Å². The van der Waals surface area contributed by atoms with E-state index in [0.29, 0.717) is 24.2 Å². The highest BCUT2D eigenvalue weighted by Gasteiger charge is 2.51. The van der Waals surface area contributed by atoms with Gasteiger partial charge in [0.1, 0.15) is 0 Å². The molecule has 4 aliphatic rings. The van der Waals surface area contributed by atoms with E-state index in [-0.39, 0.29) is 11.2 Å². The molecule has 0 saturated carbocycles. The first-order valence-electron chi connectivity index (χ1n) is 8.73. The van der Waals surface area contributed by atoms with Gasteiger partial charge in [0.15, 0.2) is 5.78 Å². The first-order valence-corrected chi connectivity index (χ1v) is 8.73. The largest absolute Gasteiger partial charge is 0.388 e. The molecule has 0 aromatic carbocycles. The van der Waals surface area contributed by atoms with E-state index in [2.05, 4.69) is 26.8 Å². The fraction of sp³-hybridized carbons (Fsp3) is 0.650. The predicted octanol–water partition coefficient (Wildman–Crippen LogP) is 4.11. The van der Waals surface area contributed by atoms with Gasteiger partial charge in [-0.2, -0.15) is 0 Å². The zero-order valence-electron chi connectivity index (χ0n) is 13.9. The van der Waals surface area contributed by atoms with Crippen molar-refractivity contribution in [1.29, 1.82) is 0 Å². The van der Waals surface area contributed by atoms with E-state index in [1.165, 1.54) is 23.1 Å². The molecule has 4 aliphatic carbocycles. The lowest BCUT2D eigenvalue weighted by Gasteiger charge is -2.50. The van der Waals surface area contributed by atoms with E-state index in [9.17, 15) is 9.90 Å². The van der Waals surface area contributed by atoms with Crippen molar-refractivity contribution in [2.24, 2.45) is 16.7 Å². The van der Waals surface area contributed by atoms with Crippen molar-refractivity contribution in [3.05, 3.63) is 34.4 Å². The van der Waals surface area contributed by atoms with Crippen LogP contribution in [0.3, 0.4) is 0 Å². The van der Waals surface area contributed by atoms with Gasteiger partial charge in [-0.25, -0.2) is 0 Å². The predicted molar refractivity (Wildman–Crippen MR) is 87.3 cm³/mol. The molecule has 1 N–H and O–H groups in total. The Morgan fingerprint density at radius 2 is 2.00 bits per heavy atom. The molecule has 118 valence electrons. The van der Waals surface area contributed by atoms with Crippen molar-refractivity contribution < 1.29 is 9.90 Å². The summed E-state index contributed by atoms with van der Waals surface area (Å²) in [5.41, 5.74) is 5.65. The number of rotatable bonds is 0.